The van der Waals surface area contributed by atoms with E-state index < -0.39 is 0 Å². The van der Waals surface area contributed by atoms with E-state index in [1.54, 1.807) is 0 Å². The number of halogens is 1. The van der Waals surface area contributed by atoms with Crippen LogP contribution in [-0.2, 0) is 6.54 Å². The summed E-state index contributed by atoms with van der Waals surface area (Å²) in [6, 6.07) is 8.65. The second kappa shape index (κ2) is 6.39. The maximum absolute atomic E-state index is 6.25. The van der Waals surface area contributed by atoms with Crippen molar-refractivity contribution in [2.24, 2.45) is 17.6 Å². The second-order valence-corrected chi connectivity index (χ2v) is 8.02. The molecule has 2 atom stereocenters. The van der Waals surface area contributed by atoms with E-state index in [4.69, 9.17) is 5.73 Å². The Balaban J connectivity index is 1.71. The molecule has 0 amide bonds. The fraction of sp³-hybridized carbons (Fsp3) is 0.667. The molecule has 116 valence electrons. The standard InChI is InChI=1S/C18H27BrN2/c1-21(12-14-4-2-6-17(19)10-14)18(13-20)9-3-5-16(11-18)15-7-8-15/h2,4,6,10,15-16H,3,5,7-9,11-13,20H2,1H3. The minimum absolute atomic E-state index is 0.216. The molecule has 1 aromatic rings. The van der Waals surface area contributed by atoms with Crippen molar-refractivity contribution in [1.82, 2.24) is 4.90 Å². The minimum Gasteiger partial charge on any atom is -0.329 e. The summed E-state index contributed by atoms with van der Waals surface area (Å²) in [5, 5.41) is 0. The summed E-state index contributed by atoms with van der Waals surface area (Å²) in [7, 11) is 2.27. The van der Waals surface area contributed by atoms with Gasteiger partial charge in [0.05, 0.1) is 0 Å². The first-order valence-corrected chi connectivity index (χ1v) is 9.08. The molecule has 2 saturated carbocycles. The Hall–Kier alpha value is -0.380. The molecule has 2 unspecified atom stereocenters. The monoisotopic (exact) mass is 350 g/mol. The number of likely N-dealkylation sites (N-methyl/N-ethyl adjacent to an activating group) is 1. The van der Waals surface area contributed by atoms with Gasteiger partial charge in [-0.2, -0.15) is 0 Å². The van der Waals surface area contributed by atoms with Gasteiger partial charge in [0, 0.05) is 23.1 Å². The van der Waals surface area contributed by atoms with E-state index in [1.807, 2.05) is 0 Å². The van der Waals surface area contributed by atoms with Crippen molar-refractivity contribution >= 4 is 15.9 Å². The molecule has 1 aromatic carbocycles. The Morgan fingerprint density at radius 3 is 2.76 bits per heavy atom. The molecule has 3 heteroatoms. The summed E-state index contributed by atoms with van der Waals surface area (Å²) >= 11 is 3.57. The molecule has 21 heavy (non-hydrogen) atoms. The normalized spacial score (nSPS) is 29.8. The van der Waals surface area contributed by atoms with Crippen LogP contribution in [0, 0.1) is 11.8 Å². The SMILES string of the molecule is CN(Cc1cccc(Br)c1)C1(CN)CCCC(C2CC2)C1. The van der Waals surface area contributed by atoms with Gasteiger partial charge < -0.3 is 5.73 Å². The van der Waals surface area contributed by atoms with E-state index in [0.29, 0.717) is 0 Å². The van der Waals surface area contributed by atoms with E-state index in [2.05, 4.69) is 52.1 Å². The van der Waals surface area contributed by atoms with Crippen molar-refractivity contribution in [1.29, 1.82) is 0 Å². The van der Waals surface area contributed by atoms with Crippen LogP contribution in [0.4, 0.5) is 0 Å². The Labute approximate surface area is 137 Å². The van der Waals surface area contributed by atoms with Crippen molar-refractivity contribution in [2.75, 3.05) is 13.6 Å². The summed E-state index contributed by atoms with van der Waals surface area (Å²) in [6.07, 6.45) is 8.26. The number of hydrogen-bond acceptors (Lipinski definition) is 2. The highest BCUT2D eigenvalue weighted by molar-refractivity contribution is 9.10. The molecule has 0 radical (unpaired) electrons. The summed E-state index contributed by atoms with van der Waals surface area (Å²) in [5.41, 5.74) is 7.84. The number of nitrogens with zero attached hydrogens (tertiary/aromatic N) is 1. The van der Waals surface area contributed by atoms with Crippen LogP contribution >= 0.6 is 15.9 Å². The zero-order valence-electron chi connectivity index (χ0n) is 13.0. The molecular formula is C18H27BrN2. The van der Waals surface area contributed by atoms with Gasteiger partial charge in [0.2, 0.25) is 0 Å². The molecule has 0 spiro atoms. The third kappa shape index (κ3) is 3.52. The molecule has 0 heterocycles. The summed E-state index contributed by atoms with van der Waals surface area (Å²) in [6.45, 7) is 1.79. The Kier molecular flexibility index (Phi) is 4.72. The zero-order chi connectivity index (χ0) is 14.9. The van der Waals surface area contributed by atoms with Gasteiger partial charge in [-0.1, -0.05) is 40.9 Å². The highest BCUT2D eigenvalue weighted by Gasteiger charge is 2.43. The molecule has 0 aliphatic heterocycles. The molecule has 3 rings (SSSR count). The van der Waals surface area contributed by atoms with Crippen LogP contribution in [0.25, 0.3) is 0 Å². The first kappa shape index (κ1) is 15.5. The molecule has 2 aliphatic carbocycles. The molecule has 2 fully saturated rings. The summed E-state index contributed by atoms with van der Waals surface area (Å²) in [4.78, 5) is 2.53. The van der Waals surface area contributed by atoms with Crippen molar-refractivity contribution < 1.29 is 0 Å². The number of benzene rings is 1. The summed E-state index contributed by atoms with van der Waals surface area (Å²) < 4.78 is 1.16. The molecule has 0 bridgehead atoms. The lowest BCUT2D eigenvalue weighted by molar-refractivity contribution is 0.0459. The molecular weight excluding hydrogens is 324 g/mol. The van der Waals surface area contributed by atoms with Crippen molar-refractivity contribution in [2.45, 2.75) is 50.6 Å². The Bertz CT molecular complexity index is 486. The topological polar surface area (TPSA) is 29.3 Å². The lowest BCUT2D eigenvalue weighted by Gasteiger charge is -2.47. The maximum atomic E-state index is 6.25. The van der Waals surface area contributed by atoms with Crippen LogP contribution in [0.1, 0.15) is 44.1 Å². The van der Waals surface area contributed by atoms with E-state index in [1.165, 1.54) is 44.1 Å². The largest absolute Gasteiger partial charge is 0.329 e. The number of nitrogens with two attached hydrogens (primary N) is 1. The Morgan fingerprint density at radius 2 is 2.10 bits per heavy atom. The van der Waals surface area contributed by atoms with Crippen molar-refractivity contribution in [3.8, 4) is 0 Å². The van der Waals surface area contributed by atoms with Gasteiger partial charge in [-0.3, -0.25) is 4.90 Å². The van der Waals surface area contributed by atoms with Gasteiger partial charge in [-0.05, 0) is 62.3 Å². The quantitative estimate of drug-likeness (QED) is 0.862. The van der Waals surface area contributed by atoms with E-state index >= 15 is 0 Å². The van der Waals surface area contributed by atoms with E-state index in [9.17, 15) is 0 Å². The second-order valence-electron chi connectivity index (χ2n) is 7.11. The maximum Gasteiger partial charge on any atom is 0.0334 e. The highest BCUT2D eigenvalue weighted by Crippen LogP contribution is 2.47. The predicted octanol–water partition coefficient (Wildman–Crippen LogP) is 4.18. The van der Waals surface area contributed by atoms with Crippen molar-refractivity contribution in [3.05, 3.63) is 34.3 Å². The van der Waals surface area contributed by atoms with E-state index in [0.717, 1.165) is 29.4 Å². The van der Waals surface area contributed by atoms with Crippen LogP contribution in [0.3, 0.4) is 0 Å². The molecule has 2 nitrogen and oxygen atoms in total. The van der Waals surface area contributed by atoms with Gasteiger partial charge in [0.1, 0.15) is 0 Å². The van der Waals surface area contributed by atoms with Crippen LogP contribution in [-0.4, -0.2) is 24.0 Å². The van der Waals surface area contributed by atoms with Gasteiger partial charge in [-0.15, -0.1) is 0 Å². The highest BCUT2D eigenvalue weighted by atomic mass is 79.9. The van der Waals surface area contributed by atoms with E-state index in [-0.39, 0.29) is 5.54 Å². The molecule has 2 N–H and O–H groups in total. The first-order valence-electron chi connectivity index (χ1n) is 8.29. The van der Waals surface area contributed by atoms with Crippen molar-refractivity contribution in [3.63, 3.8) is 0 Å². The van der Waals surface area contributed by atoms with Crippen LogP contribution in [0.15, 0.2) is 28.7 Å². The lowest BCUT2D eigenvalue weighted by Crippen LogP contribution is -2.54. The third-order valence-electron chi connectivity index (χ3n) is 5.65. The predicted molar refractivity (Wildman–Crippen MR) is 92.1 cm³/mol. The lowest BCUT2D eigenvalue weighted by atomic mass is 9.73. The number of rotatable bonds is 5. The summed E-state index contributed by atoms with van der Waals surface area (Å²) in [5.74, 6) is 1.93. The van der Waals surface area contributed by atoms with Gasteiger partial charge in [0.15, 0.2) is 0 Å². The van der Waals surface area contributed by atoms with Crippen LogP contribution in [0.5, 0.6) is 0 Å². The fourth-order valence-electron chi connectivity index (χ4n) is 4.12. The smallest absolute Gasteiger partial charge is 0.0334 e. The average molecular weight is 351 g/mol. The van der Waals surface area contributed by atoms with Crippen LogP contribution < -0.4 is 5.73 Å². The fourth-order valence-corrected chi connectivity index (χ4v) is 4.57. The van der Waals surface area contributed by atoms with Crippen LogP contribution in [0.2, 0.25) is 0 Å². The minimum atomic E-state index is 0.216. The number of hydrogen-bond donors (Lipinski definition) is 1. The zero-order valence-corrected chi connectivity index (χ0v) is 14.6. The third-order valence-corrected chi connectivity index (χ3v) is 6.14. The molecule has 0 saturated heterocycles. The molecule has 2 aliphatic rings. The first-order chi connectivity index (χ1) is 10.1. The van der Waals surface area contributed by atoms with Gasteiger partial charge >= 0.3 is 0 Å². The Morgan fingerprint density at radius 1 is 1.29 bits per heavy atom. The van der Waals surface area contributed by atoms with Gasteiger partial charge in [-0.25, -0.2) is 0 Å². The average Bonchev–Trinajstić information content (AvgIpc) is 3.32. The van der Waals surface area contributed by atoms with Gasteiger partial charge in [0.25, 0.3) is 0 Å². The molecule has 0 aromatic heterocycles.